The third-order valence-electron chi connectivity index (χ3n) is 10.0. The first-order chi connectivity index (χ1) is 25.9. The molecule has 2 atom stereocenters. The second-order valence-electron chi connectivity index (χ2n) is 13.7. The Bertz CT molecular complexity index is 2300. The number of aryl methyl sites for hydroxylation is 1. The monoisotopic (exact) mass is 712 g/mol. The van der Waals surface area contributed by atoms with Crippen molar-refractivity contribution in [1.29, 1.82) is 0 Å². The highest BCUT2D eigenvalue weighted by molar-refractivity contribution is 6.00. The molecule has 0 spiro atoms. The number of piperidine rings is 1. The van der Waals surface area contributed by atoms with Crippen LogP contribution < -0.4 is 10.1 Å². The van der Waals surface area contributed by atoms with Gasteiger partial charge in [-0.05, 0) is 66.8 Å². The highest BCUT2D eigenvalue weighted by atomic mass is 16.6. The van der Waals surface area contributed by atoms with Crippen molar-refractivity contribution < 1.29 is 28.6 Å². The van der Waals surface area contributed by atoms with E-state index in [0.717, 1.165) is 40.2 Å². The summed E-state index contributed by atoms with van der Waals surface area (Å²) in [5, 5.41) is 3.91. The fourth-order valence-corrected chi connectivity index (χ4v) is 7.11. The van der Waals surface area contributed by atoms with E-state index in [1.54, 1.807) is 48.4 Å². The maximum Gasteiger partial charge on any atom is 0.407 e. The number of alkyl carbamates (subject to hydrolysis) is 1. The molecule has 1 saturated carbocycles. The van der Waals surface area contributed by atoms with Crippen molar-refractivity contribution in [3.05, 3.63) is 114 Å². The molecular weight excluding hydrogens is 672 g/mol. The number of hydrogen-bond donors (Lipinski definition) is 1. The molecule has 1 aliphatic carbocycles. The van der Waals surface area contributed by atoms with E-state index in [9.17, 15) is 14.4 Å². The van der Waals surface area contributed by atoms with Crippen molar-refractivity contribution >= 4 is 40.0 Å². The molecule has 4 heterocycles. The minimum Gasteiger partial charge on any atom is -0.494 e. The number of methoxy groups -OCH3 is 1. The normalized spacial score (nSPS) is 17.1. The Balaban J connectivity index is 1.06. The number of fused-ring (bicyclic) bond motifs is 2. The Morgan fingerprint density at radius 3 is 2.43 bits per heavy atom. The third-order valence-corrected chi connectivity index (χ3v) is 10.0. The molecule has 3 aromatic heterocycles. The Labute approximate surface area is 306 Å². The lowest BCUT2D eigenvalue weighted by atomic mass is 10.0. The number of imidazole rings is 1. The summed E-state index contributed by atoms with van der Waals surface area (Å²) < 4.78 is 21.5. The summed E-state index contributed by atoms with van der Waals surface area (Å²) in [7, 11) is 3.53. The SMILES string of the molecule is COc1cc(C(=O)N2CC[C@H](OC(=O)c3ccccc3)[C@H](NC(=O)OCc3ccccc3)C2)cc2nc(-c3cc4cccnc4n3CC3CC3)n(C)c12. The highest BCUT2D eigenvalue weighted by Crippen LogP contribution is 2.37. The summed E-state index contributed by atoms with van der Waals surface area (Å²) in [5.74, 6) is 1.12. The Hall–Kier alpha value is -6.17. The van der Waals surface area contributed by atoms with Gasteiger partial charge in [0.05, 0.1) is 29.9 Å². The van der Waals surface area contributed by atoms with E-state index in [1.165, 1.54) is 12.8 Å². The number of likely N-dealkylation sites (tertiary alicyclic amines) is 1. The van der Waals surface area contributed by atoms with Gasteiger partial charge in [-0.2, -0.15) is 0 Å². The Morgan fingerprint density at radius 2 is 1.68 bits per heavy atom. The number of nitrogens with one attached hydrogen (secondary N) is 1. The van der Waals surface area contributed by atoms with Crippen LogP contribution in [0.2, 0.25) is 0 Å². The van der Waals surface area contributed by atoms with Crippen molar-refractivity contribution in [2.75, 3.05) is 20.2 Å². The molecule has 8 rings (SSSR count). The number of carbonyl (C=O) groups is 3. The molecule has 6 aromatic rings. The van der Waals surface area contributed by atoms with Gasteiger partial charge in [-0.15, -0.1) is 0 Å². The van der Waals surface area contributed by atoms with Crippen molar-refractivity contribution in [3.8, 4) is 17.3 Å². The van der Waals surface area contributed by atoms with Crippen LogP contribution in [-0.2, 0) is 29.7 Å². The van der Waals surface area contributed by atoms with E-state index in [2.05, 4.69) is 27.0 Å². The minimum absolute atomic E-state index is 0.0697. The van der Waals surface area contributed by atoms with Crippen LogP contribution in [0.1, 0.15) is 45.5 Å². The first-order valence-corrected chi connectivity index (χ1v) is 17.9. The molecule has 12 heteroatoms. The number of nitrogens with zero attached hydrogens (tertiary/aromatic N) is 5. The average molecular weight is 713 g/mol. The summed E-state index contributed by atoms with van der Waals surface area (Å²) in [5.41, 5.74) is 4.89. The van der Waals surface area contributed by atoms with E-state index in [1.807, 2.05) is 60.3 Å². The van der Waals surface area contributed by atoms with Crippen molar-refractivity contribution in [3.63, 3.8) is 0 Å². The molecule has 53 heavy (non-hydrogen) atoms. The number of aromatic nitrogens is 4. The predicted octanol–water partition coefficient (Wildman–Crippen LogP) is 6.38. The second kappa shape index (κ2) is 14.5. The summed E-state index contributed by atoms with van der Waals surface area (Å²) in [6.45, 7) is 1.32. The summed E-state index contributed by atoms with van der Waals surface area (Å²) in [4.78, 5) is 51.8. The molecule has 0 unspecified atom stereocenters. The number of hydrogen-bond acceptors (Lipinski definition) is 8. The van der Waals surface area contributed by atoms with Crippen molar-refractivity contribution in [1.82, 2.24) is 29.3 Å². The molecule has 1 aliphatic heterocycles. The lowest BCUT2D eigenvalue weighted by Gasteiger charge is -2.38. The van der Waals surface area contributed by atoms with Gasteiger partial charge in [-0.1, -0.05) is 48.5 Å². The maximum atomic E-state index is 14.2. The van der Waals surface area contributed by atoms with Gasteiger partial charge in [0.25, 0.3) is 5.91 Å². The fraction of sp³-hybridized carbons (Fsp3) is 0.293. The molecule has 2 aliphatic rings. The van der Waals surface area contributed by atoms with E-state index in [0.29, 0.717) is 41.3 Å². The number of rotatable bonds is 10. The van der Waals surface area contributed by atoms with Crippen LogP contribution in [0, 0.1) is 5.92 Å². The number of benzene rings is 3. The number of esters is 1. The van der Waals surface area contributed by atoms with Crippen LogP contribution in [0.25, 0.3) is 33.6 Å². The average Bonchev–Trinajstić information content (AvgIpc) is 3.86. The molecule has 1 N–H and O–H groups in total. The number of ether oxygens (including phenoxy) is 3. The third kappa shape index (κ3) is 7.04. The first-order valence-electron chi connectivity index (χ1n) is 17.9. The molecule has 3 aromatic carbocycles. The number of carbonyl (C=O) groups excluding carboxylic acids is 3. The van der Waals surface area contributed by atoms with Crippen LogP contribution >= 0.6 is 0 Å². The molecule has 2 amide bonds. The van der Waals surface area contributed by atoms with E-state index in [4.69, 9.17) is 19.2 Å². The zero-order chi connectivity index (χ0) is 36.5. The zero-order valence-electron chi connectivity index (χ0n) is 29.6. The molecule has 270 valence electrons. The first kappa shape index (κ1) is 33.9. The summed E-state index contributed by atoms with van der Waals surface area (Å²) >= 11 is 0. The molecular formula is C41H40N6O6. The van der Waals surface area contributed by atoms with Crippen LogP contribution in [0.4, 0.5) is 4.79 Å². The fourth-order valence-electron chi connectivity index (χ4n) is 7.11. The lowest BCUT2D eigenvalue weighted by Crippen LogP contribution is -2.57. The standard InChI is InChI=1S/C41H40N6O6/c1-45-36-31(43-38(45)33-21-29-14-9-18-42-37(29)47(33)23-26-15-16-26)20-30(22-35(36)51-2)39(48)46-19-17-34(53-40(49)28-12-7-4-8-13-28)32(24-46)44-41(50)52-25-27-10-5-3-6-11-27/h3-14,18,20-22,26,32,34H,15-17,19,23-25H2,1-2H3,(H,44,50)/t32-,34+/m1/s1. The van der Waals surface area contributed by atoms with Gasteiger partial charge < -0.3 is 33.6 Å². The van der Waals surface area contributed by atoms with Gasteiger partial charge in [-0.3, -0.25) is 4.79 Å². The highest BCUT2D eigenvalue weighted by Gasteiger charge is 2.36. The van der Waals surface area contributed by atoms with Gasteiger partial charge in [0.15, 0.2) is 5.82 Å². The van der Waals surface area contributed by atoms with Gasteiger partial charge in [0.1, 0.15) is 29.6 Å². The van der Waals surface area contributed by atoms with Gasteiger partial charge >= 0.3 is 12.1 Å². The Kier molecular flexibility index (Phi) is 9.26. The van der Waals surface area contributed by atoms with E-state index in [-0.39, 0.29) is 19.1 Å². The van der Waals surface area contributed by atoms with Crippen LogP contribution in [-0.4, -0.2) is 74.3 Å². The maximum absolute atomic E-state index is 14.2. The lowest BCUT2D eigenvalue weighted by molar-refractivity contribution is -0.00206. The smallest absolute Gasteiger partial charge is 0.407 e. The summed E-state index contributed by atoms with van der Waals surface area (Å²) in [6, 6.07) is 26.9. The number of amides is 2. The number of pyridine rings is 1. The topological polar surface area (TPSA) is 130 Å². The Morgan fingerprint density at radius 1 is 0.906 bits per heavy atom. The zero-order valence-corrected chi connectivity index (χ0v) is 29.6. The van der Waals surface area contributed by atoms with Gasteiger partial charge in [-0.25, -0.2) is 19.6 Å². The largest absolute Gasteiger partial charge is 0.494 e. The van der Waals surface area contributed by atoms with E-state index < -0.39 is 24.2 Å². The molecule has 2 fully saturated rings. The quantitative estimate of drug-likeness (QED) is 0.162. The minimum atomic E-state index is -0.724. The van der Waals surface area contributed by atoms with Gasteiger partial charge in [0, 0.05) is 50.2 Å². The molecule has 12 nitrogen and oxygen atoms in total. The summed E-state index contributed by atoms with van der Waals surface area (Å²) in [6.07, 6.45) is 3.16. The second-order valence-corrected chi connectivity index (χ2v) is 13.7. The van der Waals surface area contributed by atoms with Crippen LogP contribution in [0.15, 0.2) is 97.2 Å². The van der Waals surface area contributed by atoms with Crippen LogP contribution in [0.3, 0.4) is 0 Å². The molecule has 1 saturated heterocycles. The molecule has 0 bridgehead atoms. The van der Waals surface area contributed by atoms with Crippen LogP contribution in [0.5, 0.6) is 5.75 Å². The van der Waals surface area contributed by atoms with Gasteiger partial charge in [0.2, 0.25) is 0 Å². The predicted molar refractivity (Wildman–Crippen MR) is 198 cm³/mol. The molecule has 0 radical (unpaired) electrons. The van der Waals surface area contributed by atoms with E-state index >= 15 is 0 Å². The van der Waals surface area contributed by atoms with Crippen molar-refractivity contribution in [2.24, 2.45) is 13.0 Å². The van der Waals surface area contributed by atoms with Crippen molar-refractivity contribution in [2.45, 2.75) is 44.6 Å².